The van der Waals surface area contributed by atoms with Gasteiger partial charge in [0.2, 0.25) is 12.3 Å². The molecule has 6 nitrogen and oxygen atoms in total. The summed E-state index contributed by atoms with van der Waals surface area (Å²) in [5.41, 5.74) is 1.24. The maximum absolute atomic E-state index is 12.4. The zero-order valence-electron chi connectivity index (χ0n) is 21.2. The Bertz CT molecular complexity index is 755. The quantitative estimate of drug-likeness (QED) is 0.490. The Kier molecular flexibility index (Phi) is 8.94. The fourth-order valence-electron chi connectivity index (χ4n) is 5.93. The van der Waals surface area contributed by atoms with Gasteiger partial charge in [-0.15, -0.1) is 0 Å². The first-order valence-corrected chi connectivity index (χ1v) is 12.7. The molecule has 0 radical (unpaired) electrons. The minimum Gasteiger partial charge on any atom is -0.359 e. The average molecular weight is 457 g/mol. The second-order valence-corrected chi connectivity index (χ2v) is 10.6. The van der Waals surface area contributed by atoms with Gasteiger partial charge < -0.3 is 15.1 Å². The van der Waals surface area contributed by atoms with Crippen molar-refractivity contribution >= 4 is 12.3 Å². The topological polar surface area (TPSA) is 55.9 Å². The molecule has 184 valence electrons. The summed E-state index contributed by atoms with van der Waals surface area (Å²) in [4.78, 5) is 30.9. The number of hydrogen-bond donors (Lipinski definition) is 1. The van der Waals surface area contributed by atoms with Gasteiger partial charge in [0.25, 0.3) is 0 Å². The van der Waals surface area contributed by atoms with Crippen LogP contribution in [0, 0.1) is 5.92 Å². The number of amides is 2. The number of hydrogen-bond acceptors (Lipinski definition) is 4. The highest BCUT2D eigenvalue weighted by atomic mass is 16.1. The molecular weight excluding hydrogens is 412 g/mol. The van der Waals surface area contributed by atoms with Crippen LogP contribution in [0.3, 0.4) is 0 Å². The Labute approximate surface area is 200 Å². The highest BCUT2D eigenvalue weighted by Gasteiger charge is 2.48. The van der Waals surface area contributed by atoms with Crippen molar-refractivity contribution in [3.63, 3.8) is 0 Å². The average Bonchev–Trinajstić information content (AvgIpc) is 2.79. The van der Waals surface area contributed by atoms with Gasteiger partial charge in [-0.1, -0.05) is 36.8 Å². The summed E-state index contributed by atoms with van der Waals surface area (Å²) < 4.78 is 0. The van der Waals surface area contributed by atoms with Gasteiger partial charge in [0, 0.05) is 32.1 Å². The first-order valence-electron chi connectivity index (χ1n) is 12.7. The molecule has 0 saturated heterocycles. The second-order valence-electron chi connectivity index (χ2n) is 10.6. The zero-order valence-corrected chi connectivity index (χ0v) is 21.2. The Hall–Kier alpha value is -1.92. The molecule has 0 aromatic heterocycles. The summed E-state index contributed by atoms with van der Waals surface area (Å²) in [6.07, 6.45) is 10.3. The van der Waals surface area contributed by atoms with Crippen LogP contribution in [0.2, 0.25) is 0 Å². The predicted molar refractivity (Wildman–Crippen MR) is 134 cm³/mol. The molecule has 2 aliphatic rings. The van der Waals surface area contributed by atoms with E-state index in [0.29, 0.717) is 12.3 Å². The number of likely N-dealkylation sites (N-methyl/N-ethyl adjacent to an activating group) is 1. The number of rotatable bonds is 12. The van der Waals surface area contributed by atoms with Crippen molar-refractivity contribution in [1.82, 2.24) is 20.0 Å². The molecule has 33 heavy (non-hydrogen) atoms. The van der Waals surface area contributed by atoms with E-state index >= 15 is 0 Å². The van der Waals surface area contributed by atoms with E-state index in [0.717, 1.165) is 58.1 Å². The lowest BCUT2D eigenvalue weighted by Gasteiger charge is -2.54. The van der Waals surface area contributed by atoms with Crippen LogP contribution >= 0.6 is 0 Å². The van der Waals surface area contributed by atoms with Crippen molar-refractivity contribution in [1.29, 1.82) is 0 Å². The van der Waals surface area contributed by atoms with Gasteiger partial charge in [-0.25, -0.2) is 0 Å². The lowest BCUT2D eigenvalue weighted by Crippen LogP contribution is -2.61. The fourth-order valence-corrected chi connectivity index (χ4v) is 5.93. The van der Waals surface area contributed by atoms with Gasteiger partial charge in [0.1, 0.15) is 0 Å². The van der Waals surface area contributed by atoms with Crippen LogP contribution in [0.25, 0.3) is 0 Å². The van der Waals surface area contributed by atoms with Crippen molar-refractivity contribution in [3.05, 3.63) is 35.9 Å². The molecule has 1 aromatic carbocycles. The molecule has 2 aliphatic carbocycles. The van der Waals surface area contributed by atoms with Crippen LogP contribution in [-0.2, 0) is 15.1 Å². The molecule has 0 unspecified atom stereocenters. The predicted octanol–water partition coefficient (Wildman–Crippen LogP) is 3.47. The third-order valence-electron chi connectivity index (χ3n) is 8.38. The summed E-state index contributed by atoms with van der Waals surface area (Å²) in [5.74, 6) is 0.745. The molecule has 0 spiro atoms. The number of carbonyl (C=O) groups is 2. The minimum atomic E-state index is -0.145. The number of carbonyl (C=O) groups excluding carboxylic acids is 2. The standard InChI is InChI=1S/C27H44N4O2/c1-28-25(33)14-9-19-30(4)21-26(31(22-32)20-23-10-8-11-23)15-17-27(18-16-26,29(2)3)24-12-6-5-7-13-24/h5-7,12-13,22-23H,8-11,14-21H2,1-4H3,(H,28,33). The Morgan fingerprint density at radius 3 is 2.27 bits per heavy atom. The third kappa shape index (κ3) is 5.96. The van der Waals surface area contributed by atoms with Crippen LogP contribution in [0.1, 0.15) is 63.4 Å². The van der Waals surface area contributed by atoms with E-state index in [4.69, 9.17) is 0 Å². The molecule has 0 bridgehead atoms. The van der Waals surface area contributed by atoms with Gasteiger partial charge in [0.15, 0.2) is 0 Å². The van der Waals surface area contributed by atoms with E-state index in [9.17, 15) is 9.59 Å². The first kappa shape index (κ1) is 25.7. The van der Waals surface area contributed by atoms with Crippen LogP contribution in [0.15, 0.2) is 30.3 Å². The zero-order chi connectivity index (χ0) is 23.9. The molecule has 0 atom stereocenters. The van der Waals surface area contributed by atoms with Crippen LogP contribution in [-0.4, -0.2) is 80.4 Å². The van der Waals surface area contributed by atoms with Gasteiger partial charge in [-0.05, 0) is 84.1 Å². The second kappa shape index (κ2) is 11.5. The van der Waals surface area contributed by atoms with E-state index in [2.05, 4.69) is 71.5 Å². The maximum atomic E-state index is 12.4. The molecule has 2 fully saturated rings. The van der Waals surface area contributed by atoms with Gasteiger partial charge in [-0.3, -0.25) is 14.5 Å². The summed E-state index contributed by atoms with van der Waals surface area (Å²) in [5, 5.41) is 2.71. The molecule has 2 amide bonds. The van der Waals surface area contributed by atoms with Gasteiger partial charge in [-0.2, -0.15) is 0 Å². The number of nitrogens with one attached hydrogen (secondary N) is 1. The van der Waals surface area contributed by atoms with Crippen LogP contribution in [0.5, 0.6) is 0 Å². The van der Waals surface area contributed by atoms with Crippen LogP contribution in [0.4, 0.5) is 0 Å². The molecule has 1 N–H and O–H groups in total. The van der Waals surface area contributed by atoms with E-state index in [1.54, 1.807) is 7.05 Å². The largest absolute Gasteiger partial charge is 0.359 e. The number of nitrogens with zero attached hydrogens (tertiary/aromatic N) is 3. The van der Waals surface area contributed by atoms with E-state index < -0.39 is 0 Å². The van der Waals surface area contributed by atoms with Crippen molar-refractivity contribution in [2.45, 2.75) is 68.9 Å². The third-order valence-corrected chi connectivity index (χ3v) is 8.38. The molecule has 0 heterocycles. The van der Waals surface area contributed by atoms with Crippen molar-refractivity contribution < 1.29 is 9.59 Å². The monoisotopic (exact) mass is 456 g/mol. The van der Waals surface area contributed by atoms with E-state index in [1.165, 1.54) is 24.8 Å². The summed E-state index contributed by atoms with van der Waals surface area (Å²) in [7, 11) is 8.21. The van der Waals surface area contributed by atoms with E-state index in [1.807, 2.05) is 0 Å². The summed E-state index contributed by atoms with van der Waals surface area (Å²) in [6, 6.07) is 10.9. The maximum Gasteiger partial charge on any atom is 0.219 e. The normalized spacial score (nSPS) is 25.6. The molecule has 0 aliphatic heterocycles. The fraction of sp³-hybridized carbons (Fsp3) is 0.704. The lowest BCUT2D eigenvalue weighted by atomic mass is 9.67. The Morgan fingerprint density at radius 1 is 1.09 bits per heavy atom. The Morgan fingerprint density at radius 2 is 1.76 bits per heavy atom. The van der Waals surface area contributed by atoms with Crippen molar-refractivity contribution in [2.75, 3.05) is 47.8 Å². The van der Waals surface area contributed by atoms with Gasteiger partial charge in [0.05, 0.1) is 5.54 Å². The summed E-state index contributed by atoms with van der Waals surface area (Å²) in [6.45, 7) is 2.61. The molecule has 1 aromatic rings. The molecule has 2 saturated carbocycles. The molecular formula is C27H44N4O2. The Balaban J connectivity index is 1.77. The smallest absolute Gasteiger partial charge is 0.219 e. The highest BCUT2D eigenvalue weighted by Crippen LogP contribution is 2.47. The minimum absolute atomic E-state index is 0.00751. The SMILES string of the molecule is CNC(=O)CCCN(C)CC1(N(C=O)CC2CCC2)CCC(c2ccccc2)(N(C)C)CC1. The highest BCUT2D eigenvalue weighted by molar-refractivity contribution is 5.75. The molecule has 3 rings (SSSR count). The van der Waals surface area contributed by atoms with Crippen molar-refractivity contribution in [3.8, 4) is 0 Å². The lowest BCUT2D eigenvalue weighted by molar-refractivity contribution is -0.130. The van der Waals surface area contributed by atoms with Crippen molar-refractivity contribution in [2.24, 2.45) is 5.92 Å². The van der Waals surface area contributed by atoms with Gasteiger partial charge >= 0.3 is 0 Å². The van der Waals surface area contributed by atoms with E-state index in [-0.39, 0.29) is 17.0 Å². The molecule has 6 heteroatoms. The summed E-state index contributed by atoms with van der Waals surface area (Å²) >= 11 is 0. The first-order chi connectivity index (χ1) is 15.8. The van der Waals surface area contributed by atoms with Crippen LogP contribution < -0.4 is 5.32 Å². The number of benzene rings is 1.